The van der Waals surface area contributed by atoms with Crippen molar-refractivity contribution in [2.45, 2.75) is 69.1 Å². The lowest BCUT2D eigenvalue weighted by molar-refractivity contribution is -0.150. The average molecular weight is 692 g/mol. The average Bonchev–Trinajstić information content (AvgIpc) is 3.72. The molecule has 3 aromatic carbocycles. The van der Waals surface area contributed by atoms with Gasteiger partial charge in [-0.1, -0.05) is 42.8 Å². The molecule has 0 bridgehead atoms. The summed E-state index contributed by atoms with van der Waals surface area (Å²) in [5.41, 5.74) is 1.20. The predicted molar refractivity (Wildman–Crippen MR) is 183 cm³/mol. The molecule has 3 amide bonds. The number of aliphatic hydroxyl groups is 1. The summed E-state index contributed by atoms with van der Waals surface area (Å²) in [4.78, 5) is 46.1. The number of para-hydroxylation sites is 2. The van der Waals surface area contributed by atoms with E-state index in [1.165, 1.54) is 0 Å². The highest BCUT2D eigenvalue weighted by molar-refractivity contribution is 6.72. The van der Waals surface area contributed by atoms with Gasteiger partial charge in [0.1, 0.15) is 5.75 Å². The van der Waals surface area contributed by atoms with Crippen LogP contribution < -0.4 is 14.5 Å². The van der Waals surface area contributed by atoms with Crippen LogP contribution in [0.1, 0.15) is 37.3 Å². The number of carbonyl (C=O) groups excluding carboxylic acids is 3. The fraction of sp³-hybridized carbons (Fsp3) is 0.417. The van der Waals surface area contributed by atoms with Gasteiger partial charge in [-0.05, 0) is 74.0 Å². The summed E-state index contributed by atoms with van der Waals surface area (Å²) in [7, 11) is -3.48. The molecule has 0 aromatic heterocycles. The maximum atomic E-state index is 16.2. The van der Waals surface area contributed by atoms with Gasteiger partial charge in [0.15, 0.2) is 12.2 Å². The van der Waals surface area contributed by atoms with Gasteiger partial charge in [-0.15, -0.1) is 0 Å². The molecular formula is C36H39ClFN3O6Si. The van der Waals surface area contributed by atoms with Gasteiger partial charge in [0.05, 0.1) is 43.1 Å². The number of likely N-dealkylation sites (tertiary alicyclic amines) is 1. The zero-order valence-corrected chi connectivity index (χ0v) is 29.0. The first kappa shape index (κ1) is 32.8. The SMILES string of the molecule is C[C@H]1[C@H]([Si](C)(C)F)[C@@H](CC(=O)N2CCC[C@H]2CO)O[C@]12C(=O)N(Cc1ccc(N3C(=O)COc4ccccc43)cc1)c1ccc(Cl)cc12. The van der Waals surface area contributed by atoms with E-state index in [2.05, 4.69) is 0 Å². The van der Waals surface area contributed by atoms with E-state index < -0.39 is 31.6 Å². The first-order chi connectivity index (χ1) is 22.9. The largest absolute Gasteiger partial charge is 0.482 e. The quantitative estimate of drug-likeness (QED) is 0.238. The molecule has 1 spiro atoms. The van der Waals surface area contributed by atoms with Crippen molar-refractivity contribution in [3.8, 4) is 5.75 Å². The van der Waals surface area contributed by atoms with Crippen LogP contribution in [0.25, 0.3) is 0 Å². The lowest BCUT2D eigenvalue weighted by Crippen LogP contribution is -2.45. The molecule has 5 atom stereocenters. The summed E-state index contributed by atoms with van der Waals surface area (Å²) in [6.07, 6.45) is 0.633. The van der Waals surface area contributed by atoms with Crippen LogP contribution in [0, 0.1) is 5.92 Å². The Bertz CT molecular complexity index is 1770. The van der Waals surface area contributed by atoms with Crippen LogP contribution in [-0.2, 0) is 31.3 Å². The number of anilines is 3. The molecular weight excluding hydrogens is 653 g/mol. The summed E-state index contributed by atoms with van der Waals surface area (Å²) >= 11 is 6.52. The maximum Gasteiger partial charge on any atom is 0.269 e. The second-order valence-electron chi connectivity index (χ2n) is 13.7. The first-order valence-corrected chi connectivity index (χ1v) is 19.8. The Morgan fingerprint density at radius 1 is 1.08 bits per heavy atom. The van der Waals surface area contributed by atoms with Crippen LogP contribution in [0.15, 0.2) is 66.7 Å². The second kappa shape index (κ2) is 12.3. The van der Waals surface area contributed by atoms with Crippen molar-refractivity contribution in [2.24, 2.45) is 5.92 Å². The molecule has 2 fully saturated rings. The summed E-state index contributed by atoms with van der Waals surface area (Å²) in [6, 6.07) is 19.8. The van der Waals surface area contributed by atoms with Crippen LogP contribution in [0.3, 0.4) is 0 Å². The van der Waals surface area contributed by atoms with Gasteiger partial charge in [0.25, 0.3) is 11.8 Å². The molecule has 0 aliphatic carbocycles. The van der Waals surface area contributed by atoms with E-state index in [-0.39, 0.29) is 49.9 Å². The Balaban J connectivity index is 1.20. The number of fused-ring (bicyclic) bond motifs is 3. The number of amides is 3. The van der Waals surface area contributed by atoms with Crippen LogP contribution in [0.2, 0.25) is 23.7 Å². The number of hydrogen-bond donors (Lipinski definition) is 1. The van der Waals surface area contributed by atoms with Gasteiger partial charge in [0.2, 0.25) is 14.3 Å². The number of hydrogen-bond acceptors (Lipinski definition) is 6. The van der Waals surface area contributed by atoms with Crippen molar-refractivity contribution in [1.82, 2.24) is 4.90 Å². The Morgan fingerprint density at radius 2 is 1.83 bits per heavy atom. The summed E-state index contributed by atoms with van der Waals surface area (Å²) in [6.45, 7) is 5.62. The number of benzene rings is 3. The molecule has 4 aliphatic heterocycles. The topological polar surface area (TPSA) is 99.6 Å². The summed E-state index contributed by atoms with van der Waals surface area (Å²) < 4.78 is 28.6. The molecule has 4 aliphatic rings. The molecule has 4 heterocycles. The second-order valence-corrected chi connectivity index (χ2v) is 18.0. The maximum absolute atomic E-state index is 16.2. The van der Waals surface area contributed by atoms with Crippen molar-refractivity contribution in [3.63, 3.8) is 0 Å². The van der Waals surface area contributed by atoms with Crippen LogP contribution in [-0.4, -0.2) is 68.0 Å². The van der Waals surface area contributed by atoms with Crippen molar-refractivity contribution in [3.05, 3.63) is 82.9 Å². The number of nitrogens with zero attached hydrogens (tertiary/aromatic N) is 3. The van der Waals surface area contributed by atoms with E-state index in [0.717, 1.165) is 18.4 Å². The Hall–Kier alpha value is -3.77. The normalized spacial score (nSPS) is 26.7. The summed E-state index contributed by atoms with van der Waals surface area (Å²) in [5, 5.41) is 10.3. The van der Waals surface area contributed by atoms with E-state index in [9.17, 15) is 19.5 Å². The lowest BCUT2D eigenvalue weighted by Gasteiger charge is -2.31. The van der Waals surface area contributed by atoms with Gasteiger partial charge in [-0.25, -0.2) is 0 Å². The van der Waals surface area contributed by atoms with E-state index in [4.69, 9.17) is 21.1 Å². The molecule has 252 valence electrons. The van der Waals surface area contributed by atoms with E-state index in [1.54, 1.807) is 46.0 Å². The number of carbonyl (C=O) groups is 3. The first-order valence-electron chi connectivity index (χ1n) is 16.5. The van der Waals surface area contributed by atoms with E-state index in [0.29, 0.717) is 39.9 Å². The number of halogens is 2. The summed E-state index contributed by atoms with van der Waals surface area (Å²) in [5.74, 6) is -0.643. The molecule has 7 rings (SSSR count). The van der Waals surface area contributed by atoms with Crippen molar-refractivity contribution in [1.29, 1.82) is 0 Å². The van der Waals surface area contributed by atoms with Crippen LogP contribution in [0.5, 0.6) is 5.75 Å². The molecule has 1 N–H and O–H groups in total. The number of ether oxygens (including phenoxy) is 2. The molecule has 48 heavy (non-hydrogen) atoms. The minimum Gasteiger partial charge on any atom is -0.482 e. The molecule has 0 unspecified atom stereocenters. The molecule has 0 radical (unpaired) electrons. The fourth-order valence-corrected chi connectivity index (χ4v) is 11.0. The number of rotatable bonds is 7. The fourth-order valence-electron chi connectivity index (χ4n) is 8.34. The zero-order chi connectivity index (χ0) is 34.0. The Labute approximate surface area is 285 Å². The van der Waals surface area contributed by atoms with Crippen molar-refractivity contribution >= 4 is 54.8 Å². The highest BCUT2D eigenvalue weighted by Crippen LogP contribution is 2.60. The smallest absolute Gasteiger partial charge is 0.269 e. The van der Waals surface area contributed by atoms with E-state index >= 15 is 4.11 Å². The lowest BCUT2D eigenvalue weighted by atomic mass is 9.82. The minimum atomic E-state index is -3.48. The van der Waals surface area contributed by atoms with Gasteiger partial charge in [-0.3, -0.25) is 19.3 Å². The molecule has 0 saturated carbocycles. The van der Waals surface area contributed by atoms with Gasteiger partial charge in [0, 0.05) is 34.3 Å². The third-order valence-electron chi connectivity index (χ3n) is 10.4. The zero-order valence-electron chi connectivity index (χ0n) is 27.2. The monoisotopic (exact) mass is 691 g/mol. The minimum absolute atomic E-state index is 0.0627. The van der Waals surface area contributed by atoms with Gasteiger partial charge in [-0.2, -0.15) is 0 Å². The Morgan fingerprint density at radius 3 is 2.56 bits per heavy atom. The predicted octanol–water partition coefficient (Wildman–Crippen LogP) is 6.09. The number of aliphatic hydroxyl groups excluding tert-OH is 1. The molecule has 2 saturated heterocycles. The Kier molecular flexibility index (Phi) is 8.38. The van der Waals surface area contributed by atoms with Crippen molar-refractivity contribution in [2.75, 3.05) is 29.6 Å². The molecule has 3 aromatic rings. The van der Waals surface area contributed by atoms with Crippen LogP contribution in [0.4, 0.5) is 21.2 Å². The molecule has 12 heteroatoms. The van der Waals surface area contributed by atoms with E-state index in [1.807, 2.05) is 55.5 Å². The third-order valence-corrected chi connectivity index (χ3v) is 13.1. The molecule has 9 nitrogen and oxygen atoms in total. The third kappa shape index (κ3) is 5.31. The standard InChI is InChI=1S/C36H39ClFN3O6Si/c1-22-34(48(2,3)38)31(18-32(43)39-16-6-7-26(39)20-42)47-36(22)27-17-24(37)12-15-28(27)40(35(36)45)19-23-10-13-25(14-11-23)41-29-8-4-5-9-30(29)46-21-33(41)44/h4-5,8-15,17,22,26,31,34,42H,6-7,16,18-21H2,1-3H3/t22-,26-,31+,34-,36+/m0/s1. The highest BCUT2D eigenvalue weighted by atomic mass is 35.5. The van der Waals surface area contributed by atoms with Crippen molar-refractivity contribution < 1.29 is 33.1 Å². The van der Waals surface area contributed by atoms with Gasteiger partial charge < -0.3 is 28.5 Å². The van der Waals surface area contributed by atoms with Crippen LogP contribution >= 0.6 is 11.6 Å². The van der Waals surface area contributed by atoms with Gasteiger partial charge >= 0.3 is 0 Å². The highest BCUT2D eigenvalue weighted by Gasteiger charge is 2.67.